The number of hydrogen-bond donors (Lipinski definition) is 1. The Labute approximate surface area is 197 Å². The molecule has 33 heavy (non-hydrogen) atoms. The van der Waals surface area contributed by atoms with E-state index < -0.39 is 17.7 Å². The highest BCUT2D eigenvalue weighted by atomic mass is 35.5. The molecule has 0 aliphatic carbocycles. The minimum atomic E-state index is -0.762. The van der Waals surface area contributed by atoms with Crippen LogP contribution in [0.2, 0.25) is 5.02 Å². The molecule has 0 aromatic heterocycles. The number of benzene rings is 2. The number of aliphatic hydroxyl groups excluding tert-OH is 1. The molecule has 1 N–H and O–H groups in total. The molecule has 2 aromatic rings. The fraction of sp³-hybridized carbons (Fsp3) is 0.360. The van der Waals surface area contributed by atoms with Crippen LogP contribution in [0.4, 0.5) is 0 Å². The molecule has 2 aromatic carbocycles. The van der Waals surface area contributed by atoms with Gasteiger partial charge in [-0.1, -0.05) is 35.9 Å². The highest BCUT2D eigenvalue weighted by Gasteiger charge is 2.47. The van der Waals surface area contributed by atoms with Gasteiger partial charge in [-0.05, 0) is 37.0 Å². The number of ether oxygens (including phenoxy) is 3. The van der Waals surface area contributed by atoms with Gasteiger partial charge in [0.2, 0.25) is 0 Å². The normalized spacial score (nSPS) is 22.1. The number of carbonyl (C=O) groups is 2. The first kappa shape index (κ1) is 23.1. The van der Waals surface area contributed by atoms with E-state index in [4.69, 9.17) is 25.8 Å². The summed E-state index contributed by atoms with van der Waals surface area (Å²) in [4.78, 5) is 27.9. The molecule has 7 nitrogen and oxygen atoms in total. The van der Waals surface area contributed by atoms with Crippen molar-refractivity contribution in [2.75, 3.05) is 27.4 Å². The lowest BCUT2D eigenvalue weighted by molar-refractivity contribution is -0.140. The van der Waals surface area contributed by atoms with Crippen LogP contribution in [0.25, 0.3) is 5.76 Å². The second-order valence-electron chi connectivity index (χ2n) is 8.13. The van der Waals surface area contributed by atoms with E-state index in [-0.39, 0.29) is 35.3 Å². The Morgan fingerprint density at radius 2 is 1.91 bits per heavy atom. The number of amides is 1. The number of hydrogen-bond acceptors (Lipinski definition) is 6. The monoisotopic (exact) mass is 471 g/mol. The molecule has 174 valence electrons. The van der Waals surface area contributed by atoms with E-state index in [9.17, 15) is 14.7 Å². The van der Waals surface area contributed by atoms with Crippen molar-refractivity contribution >= 4 is 29.1 Å². The fourth-order valence-corrected chi connectivity index (χ4v) is 4.71. The summed E-state index contributed by atoms with van der Waals surface area (Å²) in [5.41, 5.74) is 1.87. The number of carbonyl (C=O) groups excluding carboxylic acids is 2. The molecule has 4 rings (SSSR count). The molecule has 2 atom stereocenters. The van der Waals surface area contributed by atoms with Crippen molar-refractivity contribution in [2.45, 2.75) is 31.9 Å². The van der Waals surface area contributed by atoms with Crippen molar-refractivity contribution in [3.8, 4) is 11.5 Å². The van der Waals surface area contributed by atoms with Gasteiger partial charge in [0.05, 0.1) is 42.5 Å². The molecule has 2 aliphatic rings. The number of aliphatic hydroxyl groups is 1. The molecule has 0 radical (unpaired) electrons. The zero-order chi connectivity index (χ0) is 23.7. The Morgan fingerprint density at radius 1 is 1.18 bits per heavy atom. The molecule has 2 heterocycles. The number of likely N-dealkylation sites (tertiary alicyclic amines) is 1. The first-order chi connectivity index (χ1) is 15.9. The second kappa shape index (κ2) is 9.45. The maximum absolute atomic E-state index is 13.3. The Bertz CT molecular complexity index is 1120. The molecule has 0 bridgehead atoms. The van der Waals surface area contributed by atoms with Crippen LogP contribution in [-0.2, 0) is 14.3 Å². The van der Waals surface area contributed by atoms with Gasteiger partial charge in [0, 0.05) is 19.2 Å². The second-order valence-corrected chi connectivity index (χ2v) is 8.54. The lowest BCUT2D eigenvalue weighted by Crippen LogP contribution is -2.36. The smallest absolute Gasteiger partial charge is 0.295 e. The van der Waals surface area contributed by atoms with Gasteiger partial charge in [-0.2, -0.15) is 0 Å². The third kappa shape index (κ3) is 4.18. The van der Waals surface area contributed by atoms with Crippen LogP contribution in [0.1, 0.15) is 35.6 Å². The average Bonchev–Trinajstić information content (AvgIpc) is 3.41. The van der Waals surface area contributed by atoms with Gasteiger partial charge in [-0.25, -0.2) is 0 Å². The molecule has 2 aliphatic heterocycles. The Kier molecular flexibility index (Phi) is 6.63. The number of ketones is 1. The van der Waals surface area contributed by atoms with Gasteiger partial charge in [0.1, 0.15) is 17.3 Å². The van der Waals surface area contributed by atoms with Crippen LogP contribution in [-0.4, -0.2) is 55.2 Å². The zero-order valence-corrected chi connectivity index (χ0v) is 19.5. The first-order valence-electron chi connectivity index (χ1n) is 10.7. The van der Waals surface area contributed by atoms with Crippen molar-refractivity contribution < 1.29 is 28.9 Å². The summed E-state index contributed by atoms with van der Waals surface area (Å²) in [6.45, 7) is 2.81. The molecule has 1 amide bonds. The van der Waals surface area contributed by atoms with Crippen LogP contribution in [0.3, 0.4) is 0 Å². The van der Waals surface area contributed by atoms with Crippen LogP contribution in [0.15, 0.2) is 42.0 Å². The highest BCUT2D eigenvalue weighted by Crippen LogP contribution is 2.44. The quantitative estimate of drug-likeness (QED) is 0.385. The molecule has 0 saturated carbocycles. The number of halogens is 1. The van der Waals surface area contributed by atoms with Crippen molar-refractivity contribution in [1.82, 2.24) is 4.90 Å². The van der Waals surface area contributed by atoms with Crippen LogP contribution in [0.5, 0.6) is 11.5 Å². The van der Waals surface area contributed by atoms with Gasteiger partial charge in [0.15, 0.2) is 0 Å². The van der Waals surface area contributed by atoms with E-state index in [1.807, 2.05) is 31.2 Å². The lowest BCUT2D eigenvalue weighted by Gasteiger charge is -2.28. The van der Waals surface area contributed by atoms with Gasteiger partial charge in [-0.15, -0.1) is 0 Å². The predicted octanol–water partition coefficient (Wildman–Crippen LogP) is 4.27. The Balaban J connectivity index is 1.91. The number of nitrogens with zero attached hydrogens (tertiary/aromatic N) is 1. The van der Waals surface area contributed by atoms with Crippen molar-refractivity contribution in [2.24, 2.45) is 0 Å². The van der Waals surface area contributed by atoms with Crippen molar-refractivity contribution in [3.63, 3.8) is 0 Å². The minimum Gasteiger partial charge on any atom is -0.507 e. The Morgan fingerprint density at radius 3 is 2.55 bits per heavy atom. The minimum absolute atomic E-state index is 0.00466. The maximum atomic E-state index is 13.3. The lowest BCUT2D eigenvalue weighted by atomic mass is 9.92. The van der Waals surface area contributed by atoms with E-state index in [0.29, 0.717) is 17.4 Å². The van der Waals surface area contributed by atoms with E-state index in [0.717, 1.165) is 24.0 Å². The summed E-state index contributed by atoms with van der Waals surface area (Å²) in [5.74, 6) is -1.20. The summed E-state index contributed by atoms with van der Waals surface area (Å²) >= 11 is 6.21. The molecular weight excluding hydrogens is 446 g/mol. The summed E-state index contributed by atoms with van der Waals surface area (Å²) < 4.78 is 16.4. The molecule has 0 spiro atoms. The predicted molar refractivity (Wildman–Crippen MR) is 124 cm³/mol. The summed E-state index contributed by atoms with van der Waals surface area (Å²) in [6, 6.07) is 9.74. The molecular formula is C25H26ClNO6. The summed E-state index contributed by atoms with van der Waals surface area (Å²) in [7, 11) is 2.88. The number of methoxy groups -OCH3 is 2. The standard InChI is InChI=1S/C25H26ClNO6/c1-14-7-4-5-9-16(14)22-21(24(29)25(30)27(22)13-15-8-6-10-33-15)23(28)17-11-20(32-3)18(26)12-19(17)31-2/h4-5,7,9,11-12,15,22,28H,6,8,10,13H2,1-3H3/b23-21+. The summed E-state index contributed by atoms with van der Waals surface area (Å²) in [6.07, 6.45) is 1.57. The van der Waals surface area contributed by atoms with Crippen LogP contribution in [0, 0.1) is 6.92 Å². The largest absolute Gasteiger partial charge is 0.507 e. The zero-order valence-electron chi connectivity index (χ0n) is 18.8. The molecule has 8 heteroatoms. The van der Waals surface area contributed by atoms with Crippen LogP contribution >= 0.6 is 11.6 Å². The number of aryl methyl sites for hydroxylation is 1. The van der Waals surface area contributed by atoms with Crippen molar-refractivity contribution in [1.29, 1.82) is 0 Å². The maximum Gasteiger partial charge on any atom is 0.295 e. The van der Waals surface area contributed by atoms with E-state index in [1.165, 1.54) is 31.3 Å². The van der Waals surface area contributed by atoms with Crippen molar-refractivity contribution in [3.05, 3.63) is 63.7 Å². The Hall–Kier alpha value is -3.03. The van der Waals surface area contributed by atoms with E-state index in [2.05, 4.69) is 0 Å². The average molecular weight is 472 g/mol. The molecule has 2 fully saturated rings. The summed E-state index contributed by atoms with van der Waals surface area (Å²) in [5, 5.41) is 11.7. The number of Topliss-reactive ketones (excluding diaryl/α,β-unsaturated/α-hetero) is 1. The topological polar surface area (TPSA) is 85.3 Å². The van der Waals surface area contributed by atoms with Gasteiger partial charge in [0.25, 0.3) is 11.7 Å². The fourth-order valence-electron chi connectivity index (χ4n) is 4.48. The molecule has 2 saturated heterocycles. The first-order valence-corrected chi connectivity index (χ1v) is 11.1. The van der Waals surface area contributed by atoms with Gasteiger partial charge < -0.3 is 24.2 Å². The molecule has 2 unspecified atom stereocenters. The van der Waals surface area contributed by atoms with Gasteiger partial charge >= 0.3 is 0 Å². The highest BCUT2D eigenvalue weighted by molar-refractivity contribution is 6.46. The van der Waals surface area contributed by atoms with E-state index in [1.54, 1.807) is 0 Å². The number of rotatable bonds is 6. The third-order valence-electron chi connectivity index (χ3n) is 6.18. The third-order valence-corrected chi connectivity index (χ3v) is 6.47. The van der Waals surface area contributed by atoms with Crippen LogP contribution < -0.4 is 9.47 Å². The van der Waals surface area contributed by atoms with Gasteiger partial charge in [-0.3, -0.25) is 9.59 Å². The van der Waals surface area contributed by atoms with E-state index >= 15 is 0 Å². The SMILES string of the molecule is COc1cc(/C(O)=C2\C(=O)C(=O)N(CC3CCCO3)C2c2ccccc2C)c(OC)cc1Cl.